The maximum Gasteiger partial charge on any atom is 0.407 e. The van der Waals surface area contributed by atoms with Gasteiger partial charge in [-0.05, 0) is 62.2 Å². The molecule has 0 spiro atoms. The number of nitrogens with one attached hydrogen (secondary N) is 2. The number of rotatable bonds is 9. The molecule has 2 N–H and O–H groups in total. The van der Waals surface area contributed by atoms with Crippen LogP contribution in [0.2, 0.25) is 0 Å². The van der Waals surface area contributed by atoms with Crippen LogP contribution in [0.3, 0.4) is 0 Å². The van der Waals surface area contributed by atoms with Crippen LogP contribution < -0.4 is 15.4 Å². The van der Waals surface area contributed by atoms with E-state index in [0.717, 1.165) is 28.0 Å². The Balaban J connectivity index is 1.73. The molecule has 1 atom stereocenters. The molecule has 0 aliphatic rings. The van der Waals surface area contributed by atoms with Crippen LogP contribution in [0.1, 0.15) is 45.1 Å². The van der Waals surface area contributed by atoms with Gasteiger partial charge in [0.25, 0.3) is 0 Å². The predicted octanol–water partition coefficient (Wildman–Crippen LogP) is 4.30. The van der Waals surface area contributed by atoms with Crippen molar-refractivity contribution in [3.05, 3.63) is 42.2 Å². The minimum absolute atomic E-state index is 0.109. The third kappa shape index (κ3) is 6.25. The van der Waals surface area contributed by atoms with Gasteiger partial charge in [-0.1, -0.05) is 6.07 Å². The lowest BCUT2D eigenvalue weighted by Crippen LogP contribution is -2.34. The highest BCUT2D eigenvalue weighted by atomic mass is 16.6. The highest BCUT2D eigenvalue weighted by Gasteiger charge is 2.20. The van der Waals surface area contributed by atoms with Crippen molar-refractivity contribution in [1.82, 2.24) is 10.6 Å². The summed E-state index contributed by atoms with van der Waals surface area (Å²) in [5.41, 5.74) is 0.899. The number of aldehydes is 1. The maximum atomic E-state index is 11.8. The first-order chi connectivity index (χ1) is 15.7. The van der Waals surface area contributed by atoms with Crippen molar-refractivity contribution < 1.29 is 28.3 Å². The molecule has 0 aliphatic heterocycles. The van der Waals surface area contributed by atoms with E-state index < -0.39 is 17.6 Å². The molecular weight excluding hydrogens is 424 g/mol. The Morgan fingerprint density at radius 3 is 2.67 bits per heavy atom. The van der Waals surface area contributed by atoms with E-state index in [1.165, 1.54) is 0 Å². The first-order valence-electron chi connectivity index (χ1n) is 10.9. The third-order valence-electron chi connectivity index (χ3n) is 5.12. The van der Waals surface area contributed by atoms with E-state index in [4.69, 9.17) is 13.9 Å². The number of ether oxygens (including phenoxy) is 2. The second-order valence-corrected chi connectivity index (χ2v) is 8.74. The van der Waals surface area contributed by atoms with E-state index in [-0.39, 0.29) is 18.9 Å². The molecule has 3 rings (SSSR count). The summed E-state index contributed by atoms with van der Waals surface area (Å²) in [5.74, 6) is 0.107. The van der Waals surface area contributed by atoms with Crippen LogP contribution in [0.25, 0.3) is 21.7 Å². The average molecular weight is 455 g/mol. The van der Waals surface area contributed by atoms with Gasteiger partial charge in [-0.2, -0.15) is 0 Å². The van der Waals surface area contributed by atoms with Gasteiger partial charge in [0.1, 0.15) is 29.8 Å². The van der Waals surface area contributed by atoms with Crippen molar-refractivity contribution in [3.8, 4) is 5.75 Å². The topological polar surface area (TPSA) is 107 Å². The number of furan rings is 1. The quantitative estimate of drug-likeness (QED) is 0.369. The number of fused-ring (bicyclic) bond motifs is 3. The summed E-state index contributed by atoms with van der Waals surface area (Å²) in [6.07, 6.45) is 2.63. The average Bonchev–Trinajstić information content (AvgIpc) is 3.20. The van der Waals surface area contributed by atoms with Crippen molar-refractivity contribution in [2.45, 2.75) is 45.1 Å². The van der Waals surface area contributed by atoms with Crippen LogP contribution in [-0.4, -0.2) is 44.1 Å². The standard InChI is InChI=1S/C25H30N2O6/c1-25(2,3)33-24(30)27-11-12-31-18-7-8-19-16(13-18)5-9-21-23(19)20(15-32-21)17(14-28)6-10-22(29)26-4/h5,7-9,13-15,17H,6,10-12H2,1-4H3,(H,26,29)(H,27,30). The summed E-state index contributed by atoms with van der Waals surface area (Å²) in [4.78, 5) is 35.1. The zero-order valence-electron chi connectivity index (χ0n) is 19.4. The Kier molecular flexibility index (Phi) is 7.58. The van der Waals surface area contributed by atoms with E-state index in [9.17, 15) is 14.4 Å². The molecule has 33 heavy (non-hydrogen) atoms. The molecule has 0 fully saturated rings. The van der Waals surface area contributed by atoms with Crippen molar-refractivity contribution in [3.63, 3.8) is 0 Å². The molecule has 8 nitrogen and oxygen atoms in total. The van der Waals surface area contributed by atoms with Crippen molar-refractivity contribution in [2.75, 3.05) is 20.2 Å². The second kappa shape index (κ2) is 10.4. The molecule has 8 heteroatoms. The van der Waals surface area contributed by atoms with Crippen LogP contribution in [0, 0.1) is 0 Å². The number of benzene rings is 2. The zero-order chi connectivity index (χ0) is 24.0. The summed E-state index contributed by atoms with van der Waals surface area (Å²) >= 11 is 0. The first kappa shape index (κ1) is 24.1. The third-order valence-corrected chi connectivity index (χ3v) is 5.12. The van der Waals surface area contributed by atoms with Crippen LogP contribution in [-0.2, 0) is 14.3 Å². The Labute approximate surface area is 192 Å². The number of carbonyl (C=O) groups excluding carboxylic acids is 3. The largest absolute Gasteiger partial charge is 0.492 e. The molecule has 1 aromatic heterocycles. The molecule has 3 aromatic rings. The van der Waals surface area contributed by atoms with Gasteiger partial charge >= 0.3 is 6.09 Å². The van der Waals surface area contributed by atoms with Crippen LogP contribution in [0.4, 0.5) is 4.79 Å². The van der Waals surface area contributed by atoms with Gasteiger partial charge in [0.15, 0.2) is 0 Å². The van der Waals surface area contributed by atoms with Gasteiger partial charge in [-0.25, -0.2) is 4.79 Å². The minimum atomic E-state index is -0.550. The zero-order valence-corrected chi connectivity index (χ0v) is 19.4. The normalized spacial score (nSPS) is 12.4. The van der Waals surface area contributed by atoms with E-state index >= 15 is 0 Å². The molecule has 0 radical (unpaired) electrons. The van der Waals surface area contributed by atoms with Crippen LogP contribution >= 0.6 is 0 Å². The van der Waals surface area contributed by atoms with Crippen LogP contribution in [0.15, 0.2) is 41.0 Å². The summed E-state index contributed by atoms with van der Waals surface area (Å²) in [6, 6.07) is 9.45. The van der Waals surface area contributed by atoms with Crippen molar-refractivity contribution in [1.29, 1.82) is 0 Å². The summed E-state index contributed by atoms with van der Waals surface area (Å²) < 4.78 is 16.7. The lowest BCUT2D eigenvalue weighted by Gasteiger charge is -2.19. The van der Waals surface area contributed by atoms with Gasteiger partial charge in [0.05, 0.1) is 12.8 Å². The highest BCUT2D eigenvalue weighted by Crippen LogP contribution is 2.36. The van der Waals surface area contributed by atoms with Gasteiger partial charge < -0.3 is 29.3 Å². The Bertz CT molecular complexity index is 1140. The fraction of sp³-hybridized carbons (Fsp3) is 0.400. The second-order valence-electron chi connectivity index (χ2n) is 8.74. The Hall–Kier alpha value is -3.55. The van der Waals surface area contributed by atoms with E-state index in [1.807, 2.05) is 30.3 Å². The number of alkyl carbamates (subject to hydrolysis) is 1. The van der Waals surface area contributed by atoms with Gasteiger partial charge in [0.2, 0.25) is 5.91 Å². The molecule has 0 saturated heterocycles. The smallest absolute Gasteiger partial charge is 0.407 e. The fourth-order valence-corrected chi connectivity index (χ4v) is 3.58. The van der Waals surface area contributed by atoms with Crippen LogP contribution in [0.5, 0.6) is 5.75 Å². The molecule has 176 valence electrons. The van der Waals surface area contributed by atoms with Gasteiger partial charge in [-0.15, -0.1) is 0 Å². The molecule has 1 unspecified atom stereocenters. The Morgan fingerprint density at radius 2 is 1.97 bits per heavy atom. The lowest BCUT2D eigenvalue weighted by molar-refractivity contribution is -0.120. The monoisotopic (exact) mass is 454 g/mol. The fourth-order valence-electron chi connectivity index (χ4n) is 3.58. The van der Waals surface area contributed by atoms with Crippen molar-refractivity contribution in [2.24, 2.45) is 0 Å². The van der Waals surface area contributed by atoms with E-state index in [0.29, 0.717) is 24.3 Å². The summed E-state index contributed by atoms with van der Waals surface area (Å²) in [7, 11) is 1.58. The number of carbonyl (C=O) groups is 3. The summed E-state index contributed by atoms with van der Waals surface area (Å²) in [6.45, 7) is 6.01. The molecule has 0 bridgehead atoms. The molecule has 0 saturated carbocycles. The van der Waals surface area contributed by atoms with E-state index in [2.05, 4.69) is 10.6 Å². The van der Waals surface area contributed by atoms with Gasteiger partial charge in [0, 0.05) is 30.3 Å². The SMILES string of the molecule is CNC(=O)CCC(C=O)c1coc2ccc3cc(OCCNC(=O)OC(C)(C)C)ccc3c12. The van der Waals surface area contributed by atoms with E-state index in [1.54, 1.807) is 34.1 Å². The first-order valence-corrected chi connectivity index (χ1v) is 10.9. The highest BCUT2D eigenvalue weighted by molar-refractivity contribution is 6.08. The van der Waals surface area contributed by atoms with Crippen molar-refractivity contribution >= 4 is 40.0 Å². The number of hydrogen-bond acceptors (Lipinski definition) is 6. The van der Waals surface area contributed by atoms with Gasteiger partial charge in [-0.3, -0.25) is 4.79 Å². The number of amides is 2. The maximum absolute atomic E-state index is 11.8. The molecule has 0 aliphatic carbocycles. The predicted molar refractivity (Wildman–Crippen MR) is 126 cm³/mol. The molecule has 2 aromatic carbocycles. The lowest BCUT2D eigenvalue weighted by atomic mass is 9.92. The molecular formula is C25H30N2O6. The molecule has 2 amide bonds. The minimum Gasteiger partial charge on any atom is -0.492 e. The number of hydrogen-bond donors (Lipinski definition) is 2. The molecule has 1 heterocycles. The summed E-state index contributed by atoms with van der Waals surface area (Å²) in [5, 5.41) is 7.96. The Morgan fingerprint density at radius 1 is 1.18 bits per heavy atom.